The lowest BCUT2D eigenvalue weighted by atomic mass is 10.1. The Balaban J connectivity index is 1.85. The largest absolute Gasteiger partial charge is 0.462 e. The predicted molar refractivity (Wildman–Crippen MR) is 109 cm³/mol. The van der Waals surface area contributed by atoms with Gasteiger partial charge in [0.15, 0.2) is 5.65 Å². The maximum atomic E-state index is 12.5. The number of ether oxygens (including phenoxy) is 2. The summed E-state index contributed by atoms with van der Waals surface area (Å²) in [5.74, 6) is -0.435. The van der Waals surface area contributed by atoms with E-state index in [0.717, 1.165) is 11.8 Å². The van der Waals surface area contributed by atoms with Gasteiger partial charge in [-0.3, -0.25) is 0 Å². The Morgan fingerprint density at radius 1 is 1.28 bits per heavy atom. The van der Waals surface area contributed by atoms with Crippen LogP contribution in [0.3, 0.4) is 0 Å². The van der Waals surface area contributed by atoms with E-state index in [2.05, 4.69) is 15.4 Å². The first-order valence-corrected chi connectivity index (χ1v) is 9.99. The highest BCUT2D eigenvalue weighted by atomic mass is 16.6. The summed E-state index contributed by atoms with van der Waals surface area (Å²) in [6.07, 6.45) is 3.65. The maximum Gasteiger partial charge on any atom is 0.410 e. The van der Waals surface area contributed by atoms with Gasteiger partial charge in [0.05, 0.1) is 23.9 Å². The van der Waals surface area contributed by atoms with Crippen LogP contribution in [-0.2, 0) is 16.0 Å². The summed E-state index contributed by atoms with van der Waals surface area (Å²) in [7, 11) is 0. The van der Waals surface area contributed by atoms with Crippen molar-refractivity contribution in [1.29, 1.82) is 0 Å². The monoisotopic (exact) mass is 403 g/mol. The van der Waals surface area contributed by atoms with Crippen molar-refractivity contribution < 1.29 is 19.1 Å². The maximum absolute atomic E-state index is 12.5. The van der Waals surface area contributed by atoms with Gasteiger partial charge >= 0.3 is 12.1 Å². The summed E-state index contributed by atoms with van der Waals surface area (Å²) in [4.78, 5) is 30.9. The zero-order valence-electron chi connectivity index (χ0n) is 17.7. The lowest BCUT2D eigenvalue weighted by Crippen LogP contribution is -2.36. The number of rotatable bonds is 5. The van der Waals surface area contributed by atoms with Crippen LogP contribution in [0.15, 0.2) is 12.4 Å². The minimum atomic E-state index is -0.536. The Hall–Kier alpha value is -2.84. The van der Waals surface area contributed by atoms with E-state index in [9.17, 15) is 9.59 Å². The van der Waals surface area contributed by atoms with E-state index in [0.29, 0.717) is 36.5 Å². The van der Waals surface area contributed by atoms with Crippen LogP contribution in [-0.4, -0.2) is 63.1 Å². The minimum absolute atomic E-state index is 0.0220. The zero-order valence-corrected chi connectivity index (χ0v) is 17.7. The Labute approximate surface area is 170 Å². The van der Waals surface area contributed by atoms with Gasteiger partial charge in [-0.1, -0.05) is 0 Å². The summed E-state index contributed by atoms with van der Waals surface area (Å²) >= 11 is 0. The molecule has 1 N–H and O–H groups in total. The summed E-state index contributed by atoms with van der Waals surface area (Å²) in [6, 6.07) is -0.0220. The molecule has 158 valence electrons. The molecule has 3 rings (SSSR count). The molecule has 1 aliphatic rings. The number of carbonyl (C=O) groups is 2. The third-order valence-electron chi connectivity index (χ3n) is 4.65. The molecule has 0 saturated carbocycles. The molecule has 1 fully saturated rings. The molecule has 3 heterocycles. The molecule has 9 nitrogen and oxygen atoms in total. The molecule has 0 aromatic carbocycles. The number of nitrogens with zero attached hydrogens (tertiary/aromatic N) is 4. The smallest absolute Gasteiger partial charge is 0.410 e. The van der Waals surface area contributed by atoms with E-state index in [1.54, 1.807) is 22.7 Å². The second-order valence-electron chi connectivity index (χ2n) is 8.02. The standard InChI is InChI=1S/C20H29N5O4/c1-6-25-17-14(11-22-25)16(15(10-21-17)18(26)28-7-2)23-13-8-9-24(12-13)19(27)29-20(3,4)5/h10-11,13H,6-9,12H2,1-5H3,(H,21,23). The number of aryl methyl sites for hydroxylation is 1. The highest BCUT2D eigenvalue weighted by molar-refractivity contribution is 6.04. The lowest BCUT2D eigenvalue weighted by molar-refractivity contribution is 0.0293. The van der Waals surface area contributed by atoms with E-state index in [1.807, 2.05) is 27.7 Å². The number of esters is 1. The van der Waals surface area contributed by atoms with Crippen molar-refractivity contribution >= 4 is 28.8 Å². The number of likely N-dealkylation sites (tertiary alicyclic amines) is 1. The summed E-state index contributed by atoms with van der Waals surface area (Å²) in [6.45, 7) is 11.3. The second-order valence-corrected chi connectivity index (χ2v) is 8.02. The molecule has 1 unspecified atom stereocenters. The average Bonchev–Trinajstić information content (AvgIpc) is 3.27. The molecule has 1 amide bonds. The van der Waals surface area contributed by atoms with Gasteiger partial charge in [-0.2, -0.15) is 5.10 Å². The molecule has 0 aliphatic carbocycles. The topological polar surface area (TPSA) is 98.6 Å². The summed E-state index contributed by atoms with van der Waals surface area (Å²) < 4.78 is 12.4. The fourth-order valence-corrected chi connectivity index (χ4v) is 3.35. The fraction of sp³-hybridized carbons (Fsp3) is 0.600. The highest BCUT2D eigenvalue weighted by Gasteiger charge is 2.31. The summed E-state index contributed by atoms with van der Waals surface area (Å²) in [5.41, 5.74) is 1.17. The average molecular weight is 403 g/mol. The van der Waals surface area contributed by atoms with Gasteiger partial charge in [0.1, 0.15) is 11.2 Å². The van der Waals surface area contributed by atoms with Crippen molar-refractivity contribution in [3.63, 3.8) is 0 Å². The van der Waals surface area contributed by atoms with E-state index in [-0.39, 0.29) is 18.7 Å². The number of carbonyl (C=O) groups excluding carboxylic acids is 2. The van der Waals surface area contributed by atoms with Crippen molar-refractivity contribution in [3.8, 4) is 0 Å². The highest BCUT2D eigenvalue weighted by Crippen LogP contribution is 2.29. The molecule has 1 aliphatic heterocycles. The zero-order chi connectivity index (χ0) is 21.2. The van der Waals surface area contributed by atoms with Crippen LogP contribution in [0.25, 0.3) is 11.0 Å². The Morgan fingerprint density at radius 3 is 2.69 bits per heavy atom. The van der Waals surface area contributed by atoms with Crippen LogP contribution in [0.5, 0.6) is 0 Å². The Morgan fingerprint density at radius 2 is 2.03 bits per heavy atom. The number of anilines is 1. The molecular formula is C20H29N5O4. The second kappa shape index (κ2) is 8.26. The van der Waals surface area contributed by atoms with Gasteiger partial charge in [-0.25, -0.2) is 19.3 Å². The van der Waals surface area contributed by atoms with Crippen LogP contribution in [0.1, 0.15) is 51.4 Å². The summed E-state index contributed by atoms with van der Waals surface area (Å²) in [5, 5.41) is 8.55. The predicted octanol–water partition coefficient (Wildman–Crippen LogP) is 3.05. The number of aromatic nitrogens is 3. The molecule has 29 heavy (non-hydrogen) atoms. The van der Waals surface area contributed by atoms with Crippen LogP contribution >= 0.6 is 0 Å². The van der Waals surface area contributed by atoms with E-state index in [1.165, 1.54) is 6.20 Å². The third-order valence-corrected chi connectivity index (χ3v) is 4.65. The Kier molecular flexibility index (Phi) is 5.95. The molecule has 0 bridgehead atoms. The molecular weight excluding hydrogens is 374 g/mol. The first kappa shape index (κ1) is 20.9. The van der Waals surface area contributed by atoms with E-state index < -0.39 is 11.6 Å². The van der Waals surface area contributed by atoms with Crippen molar-refractivity contribution in [3.05, 3.63) is 18.0 Å². The van der Waals surface area contributed by atoms with Crippen molar-refractivity contribution in [1.82, 2.24) is 19.7 Å². The molecule has 1 atom stereocenters. The number of pyridine rings is 1. The molecule has 2 aromatic heterocycles. The van der Waals surface area contributed by atoms with E-state index in [4.69, 9.17) is 9.47 Å². The minimum Gasteiger partial charge on any atom is -0.462 e. The van der Waals surface area contributed by atoms with Gasteiger partial charge < -0.3 is 19.7 Å². The quantitative estimate of drug-likeness (QED) is 0.766. The van der Waals surface area contributed by atoms with Crippen molar-refractivity contribution in [2.75, 3.05) is 25.0 Å². The first-order chi connectivity index (χ1) is 13.7. The van der Waals surface area contributed by atoms with Gasteiger partial charge in [-0.05, 0) is 41.0 Å². The molecule has 0 radical (unpaired) electrons. The molecule has 2 aromatic rings. The van der Waals surface area contributed by atoms with Gasteiger partial charge in [0, 0.05) is 31.9 Å². The number of amides is 1. The number of fused-ring (bicyclic) bond motifs is 1. The fourth-order valence-electron chi connectivity index (χ4n) is 3.35. The number of nitrogens with one attached hydrogen (secondary N) is 1. The third kappa shape index (κ3) is 4.60. The normalized spacial score (nSPS) is 16.9. The van der Waals surface area contributed by atoms with Gasteiger partial charge in [0.2, 0.25) is 0 Å². The van der Waals surface area contributed by atoms with Crippen molar-refractivity contribution in [2.45, 2.75) is 59.2 Å². The van der Waals surface area contributed by atoms with E-state index >= 15 is 0 Å². The molecule has 0 spiro atoms. The lowest BCUT2D eigenvalue weighted by Gasteiger charge is -2.24. The van der Waals surface area contributed by atoms with Crippen LogP contribution in [0.2, 0.25) is 0 Å². The number of hydrogen-bond acceptors (Lipinski definition) is 7. The van der Waals surface area contributed by atoms with Crippen LogP contribution < -0.4 is 5.32 Å². The first-order valence-electron chi connectivity index (χ1n) is 9.99. The SMILES string of the molecule is CCOC(=O)c1cnc2c(cnn2CC)c1NC1CCN(C(=O)OC(C)(C)C)C1. The van der Waals surface area contributed by atoms with Gasteiger partial charge in [-0.15, -0.1) is 0 Å². The Bertz CT molecular complexity index is 902. The van der Waals surface area contributed by atoms with Crippen molar-refractivity contribution in [2.24, 2.45) is 0 Å². The van der Waals surface area contributed by atoms with Crippen LogP contribution in [0.4, 0.5) is 10.5 Å². The van der Waals surface area contributed by atoms with Crippen LogP contribution in [0, 0.1) is 0 Å². The molecule has 1 saturated heterocycles. The number of hydrogen-bond donors (Lipinski definition) is 1. The molecule has 9 heteroatoms. The van der Waals surface area contributed by atoms with Gasteiger partial charge in [0.25, 0.3) is 0 Å².